The lowest BCUT2D eigenvalue weighted by atomic mass is 9.65. The molecule has 2 unspecified atom stereocenters. The van der Waals surface area contributed by atoms with Crippen molar-refractivity contribution in [3.63, 3.8) is 0 Å². The molecule has 3 heteroatoms. The van der Waals surface area contributed by atoms with E-state index in [1.807, 2.05) is 6.20 Å². The van der Waals surface area contributed by atoms with Gasteiger partial charge in [0.2, 0.25) is 0 Å². The Kier molecular flexibility index (Phi) is 5.03. The largest absolute Gasteiger partial charge is 0.495 e. The highest BCUT2D eigenvalue weighted by Gasteiger charge is 2.35. The predicted octanol–water partition coefficient (Wildman–Crippen LogP) is 3.61. The SMILES string of the molecule is CCNCC1CCC(C)(C)CC1c1cncc(OC)c1. The minimum Gasteiger partial charge on any atom is -0.495 e. The fourth-order valence-corrected chi connectivity index (χ4v) is 3.36. The van der Waals surface area contributed by atoms with Crippen molar-refractivity contribution in [1.82, 2.24) is 10.3 Å². The fourth-order valence-electron chi connectivity index (χ4n) is 3.36. The standard InChI is InChI=1S/C17H28N2O/c1-5-18-10-13-6-7-17(2,3)9-16(13)14-8-15(20-4)12-19-11-14/h8,11-13,16,18H,5-7,9-10H2,1-4H3. The molecule has 1 saturated carbocycles. The number of nitrogens with one attached hydrogen (secondary N) is 1. The van der Waals surface area contributed by atoms with Crippen molar-refractivity contribution < 1.29 is 4.74 Å². The van der Waals surface area contributed by atoms with Gasteiger partial charge < -0.3 is 10.1 Å². The van der Waals surface area contributed by atoms with Crippen LogP contribution in [-0.2, 0) is 0 Å². The highest BCUT2D eigenvalue weighted by molar-refractivity contribution is 5.27. The van der Waals surface area contributed by atoms with E-state index in [4.69, 9.17) is 4.74 Å². The second-order valence-corrected chi connectivity index (χ2v) is 6.74. The average Bonchev–Trinajstić information content (AvgIpc) is 2.45. The topological polar surface area (TPSA) is 34.2 Å². The van der Waals surface area contributed by atoms with Gasteiger partial charge in [-0.1, -0.05) is 20.8 Å². The average molecular weight is 276 g/mol. The van der Waals surface area contributed by atoms with Crippen LogP contribution < -0.4 is 10.1 Å². The van der Waals surface area contributed by atoms with Crippen LogP contribution in [0.15, 0.2) is 18.5 Å². The molecule has 2 atom stereocenters. The summed E-state index contributed by atoms with van der Waals surface area (Å²) in [5.41, 5.74) is 1.76. The number of rotatable bonds is 5. The first kappa shape index (κ1) is 15.3. The molecule has 0 radical (unpaired) electrons. The van der Waals surface area contributed by atoms with Gasteiger partial charge in [0.25, 0.3) is 0 Å². The summed E-state index contributed by atoms with van der Waals surface area (Å²) in [6.45, 7) is 9.10. The second kappa shape index (κ2) is 6.57. The molecule has 1 aromatic rings. The first-order valence-electron chi connectivity index (χ1n) is 7.75. The number of hydrogen-bond donors (Lipinski definition) is 1. The van der Waals surface area contributed by atoms with E-state index in [-0.39, 0.29) is 0 Å². The maximum atomic E-state index is 5.34. The molecular formula is C17H28N2O. The van der Waals surface area contributed by atoms with Crippen LogP contribution >= 0.6 is 0 Å². The van der Waals surface area contributed by atoms with E-state index in [0.29, 0.717) is 17.3 Å². The lowest BCUT2D eigenvalue weighted by Gasteiger charge is -2.41. The third-order valence-corrected chi connectivity index (χ3v) is 4.59. The summed E-state index contributed by atoms with van der Waals surface area (Å²) in [6.07, 6.45) is 7.65. The molecule has 112 valence electrons. The monoisotopic (exact) mass is 276 g/mol. The first-order chi connectivity index (χ1) is 9.55. The lowest BCUT2D eigenvalue weighted by Crippen LogP contribution is -2.34. The maximum absolute atomic E-state index is 5.34. The van der Waals surface area contributed by atoms with E-state index in [1.54, 1.807) is 13.3 Å². The summed E-state index contributed by atoms with van der Waals surface area (Å²) in [7, 11) is 1.71. The molecule has 1 heterocycles. The number of ether oxygens (including phenoxy) is 1. The molecule has 3 nitrogen and oxygen atoms in total. The predicted molar refractivity (Wildman–Crippen MR) is 83.2 cm³/mol. The summed E-state index contributed by atoms with van der Waals surface area (Å²) in [6, 6.07) is 2.16. The van der Waals surface area contributed by atoms with Crippen LogP contribution in [0.3, 0.4) is 0 Å². The lowest BCUT2D eigenvalue weighted by molar-refractivity contribution is 0.160. The van der Waals surface area contributed by atoms with E-state index in [1.165, 1.54) is 24.8 Å². The van der Waals surface area contributed by atoms with Gasteiger partial charge in [-0.25, -0.2) is 0 Å². The Morgan fingerprint density at radius 1 is 1.40 bits per heavy atom. The zero-order valence-corrected chi connectivity index (χ0v) is 13.3. The zero-order chi connectivity index (χ0) is 14.6. The number of methoxy groups -OCH3 is 1. The van der Waals surface area contributed by atoms with Gasteiger partial charge in [-0.2, -0.15) is 0 Å². The molecule has 0 saturated heterocycles. The fraction of sp³-hybridized carbons (Fsp3) is 0.706. The summed E-state index contributed by atoms with van der Waals surface area (Å²) in [5, 5.41) is 3.52. The Morgan fingerprint density at radius 2 is 2.20 bits per heavy atom. The second-order valence-electron chi connectivity index (χ2n) is 6.74. The normalized spacial score (nSPS) is 25.4. The molecule has 2 rings (SSSR count). The summed E-state index contributed by atoms with van der Waals surface area (Å²) < 4.78 is 5.34. The molecule has 20 heavy (non-hydrogen) atoms. The number of hydrogen-bond acceptors (Lipinski definition) is 3. The highest BCUT2D eigenvalue weighted by Crippen LogP contribution is 2.46. The van der Waals surface area contributed by atoms with Crippen molar-refractivity contribution in [2.75, 3.05) is 20.2 Å². The Bertz CT molecular complexity index is 431. The van der Waals surface area contributed by atoms with Crippen LogP contribution in [0.4, 0.5) is 0 Å². The van der Waals surface area contributed by atoms with Crippen LogP contribution in [-0.4, -0.2) is 25.2 Å². The molecule has 1 aliphatic rings. The summed E-state index contributed by atoms with van der Waals surface area (Å²) >= 11 is 0. The van der Waals surface area contributed by atoms with Gasteiger partial charge in [-0.15, -0.1) is 0 Å². The van der Waals surface area contributed by atoms with Crippen LogP contribution in [0.1, 0.15) is 51.5 Å². The zero-order valence-electron chi connectivity index (χ0n) is 13.3. The Labute approximate surface area is 123 Å². The van der Waals surface area contributed by atoms with Gasteiger partial charge in [0.15, 0.2) is 0 Å². The van der Waals surface area contributed by atoms with Gasteiger partial charge in [-0.3, -0.25) is 4.98 Å². The molecular weight excluding hydrogens is 248 g/mol. The van der Waals surface area contributed by atoms with Gasteiger partial charge >= 0.3 is 0 Å². The number of nitrogens with zero attached hydrogens (tertiary/aromatic N) is 1. The molecule has 1 fully saturated rings. The van der Waals surface area contributed by atoms with E-state index in [2.05, 4.69) is 37.1 Å². The maximum Gasteiger partial charge on any atom is 0.137 e. The van der Waals surface area contributed by atoms with Crippen molar-refractivity contribution in [2.24, 2.45) is 11.3 Å². The van der Waals surface area contributed by atoms with Gasteiger partial charge in [-0.05, 0) is 61.2 Å². The molecule has 1 N–H and O–H groups in total. The molecule has 1 aromatic heterocycles. The Balaban J connectivity index is 2.21. The molecule has 0 bridgehead atoms. The van der Waals surface area contributed by atoms with Gasteiger partial charge in [0, 0.05) is 6.20 Å². The molecule has 1 aliphatic carbocycles. The first-order valence-corrected chi connectivity index (χ1v) is 7.75. The van der Waals surface area contributed by atoms with E-state index in [0.717, 1.165) is 18.8 Å². The van der Waals surface area contributed by atoms with Gasteiger partial charge in [0.1, 0.15) is 5.75 Å². The van der Waals surface area contributed by atoms with Crippen LogP contribution in [0.25, 0.3) is 0 Å². The Hall–Kier alpha value is -1.09. The number of aromatic nitrogens is 1. The summed E-state index contributed by atoms with van der Waals surface area (Å²) in [5.74, 6) is 2.16. The molecule has 0 aromatic carbocycles. The van der Waals surface area contributed by atoms with Crippen LogP contribution in [0.5, 0.6) is 5.75 Å². The smallest absolute Gasteiger partial charge is 0.137 e. The summed E-state index contributed by atoms with van der Waals surface area (Å²) in [4.78, 5) is 4.35. The van der Waals surface area contributed by atoms with Crippen molar-refractivity contribution in [1.29, 1.82) is 0 Å². The van der Waals surface area contributed by atoms with Crippen molar-refractivity contribution >= 4 is 0 Å². The number of pyridine rings is 1. The minimum absolute atomic E-state index is 0.427. The molecule has 0 amide bonds. The third kappa shape index (κ3) is 3.72. The minimum atomic E-state index is 0.427. The quantitative estimate of drug-likeness (QED) is 0.892. The van der Waals surface area contributed by atoms with E-state index in [9.17, 15) is 0 Å². The van der Waals surface area contributed by atoms with E-state index < -0.39 is 0 Å². The Morgan fingerprint density at radius 3 is 2.90 bits per heavy atom. The van der Waals surface area contributed by atoms with E-state index >= 15 is 0 Å². The van der Waals surface area contributed by atoms with Gasteiger partial charge in [0.05, 0.1) is 13.3 Å². The third-order valence-electron chi connectivity index (χ3n) is 4.59. The highest BCUT2D eigenvalue weighted by atomic mass is 16.5. The van der Waals surface area contributed by atoms with Crippen molar-refractivity contribution in [3.05, 3.63) is 24.0 Å². The van der Waals surface area contributed by atoms with Crippen LogP contribution in [0, 0.1) is 11.3 Å². The molecule has 0 spiro atoms. The molecule has 0 aliphatic heterocycles. The van der Waals surface area contributed by atoms with Crippen molar-refractivity contribution in [3.8, 4) is 5.75 Å². The van der Waals surface area contributed by atoms with Crippen molar-refractivity contribution in [2.45, 2.75) is 46.0 Å². The van der Waals surface area contributed by atoms with Crippen LogP contribution in [0.2, 0.25) is 0 Å².